The summed E-state index contributed by atoms with van der Waals surface area (Å²) in [4.78, 5) is 21.5. The lowest BCUT2D eigenvalue weighted by Gasteiger charge is -2.18. The van der Waals surface area contributed by atoms with Crippen molar-refractivity contribution in [3.05, 3.63) is 0 Å². The maximum Gasteiger partial charge on any atom is 0.132 e. The van der Waals surface area contributed by atoms with Gasteiger partial charge in [0.2, 0.25) is 0 Å². The zero-order chi connectivity index (χ0) is 17.9. The molecule has 1 fully saturated rings. The van der Waals surface area contributed by atoms with Crippen molar-refractivity contribution < 1.29 is 9.59 Å². The van der Waals surface area contributed by atoms with E-state index in [1.807, 2.05) is 13.0 Å². The number of hydrogen-bond acceptors (Lipinski definition) is 5. The van der Waals surface area contributed by atoms with Crippen LogP contribution in [0.2, 0.25) is 0 Å². The Morgan fingerprint density at radius 2 is 1.61 bits per heavy atom. The van der Waals surface area contributed by atoms with Crippen molar-refractivity contribution in [1.29, 1.82) is 5.26 Å². The van der Waals surface area contributed by atoms with Crippen LogP contribution < -0.4 is 0 Å². The minimum Gasteiger partial charge on any atom is -0.300 e. The van der Waals surface area contributed by atoms with Gasteiger partial charge in [-0.15, -0.1) is 0 Å². The van der Waals surface area contributed by atoms with Crippen molar-refractivity contribution in [2.45, 2.75) is 52.4 Å². The van der Waals surface area contributed by atoms with E-state index in [4.69, 9.17) is 5.26 Å². The van der Waals surface area contributed by atoms with Gasteiger partial charge in [0.25, 0.3) is 0 Å². The maximum absolute atomic E-state index is 10.8. The fourth-order valence-corrected chi connectivity index (χ4v) is 12.6. The molecule has 0 unspecified atom stereocenters. The van der Waals surface area contributed by atoms with Gasteiger partial charge in [-0.3, -0.25) is 4.79 Å². The summed E-state index contributed by atoms with van der Waals surface area (Å²) in [5.74, 6) is 1.11. The molecule has 0 aromatic rings. The first kappa shape index (κ1) is 25.8. The molecule has 0 bridgehead atoms. The van der Waals surface area contributed by atoms with E-state index in [0.717, 1.165) is 12.8 Å². The molecule has 23 heavy (non-hydrogen) atoms. The van der Waals surface area contributed by atoms with Gasteiger partial charge in [-0.1, -0.05) is 6.92 Å². The molecule has 11 heteroatoms. The van der Waals surface area contributed by atoms with Gasteiger partial charge in [-0.2, -0.15) is 5.26 Å². The van der Waals surface area contributed by atoms with E-state index in [1.54, 1.807) is 42.4 Å². The van der Waals surface area contributed by atoms with Crippen LogP contribution >= 0.6 is 0 Å². The molecule has 0 amide bonds. The van der Waals surface area contributed by atoms with Crippen LogP contribution in [0.25, 0.3) is 0 Å². The molecule has 0 aliphatic heterocycles. The Labute approximate surface area is 165 Å². The summed E-state index contributed by atoms with van der Waals surface area (Å²) < 4.78 is 0. The monoisotopic (exact) mass is 465 g/mol. The van der Waals surface area contributed by atoms with Crippen molar-refractivity contribution in [3.63, 3.8) is 0 Å². The largest absolute Gasteiger partial charge is 0.300 e. The highest BCUT2D eigenvalue weighted by Crippen LogP contribution is 2.24. The summed E-state index contributed by atoms with van der Waals surface area (Å²) in [6.45, 7) is 3.44. The molecule has 0 atom stereocenters. The smallest absolute Gasteiger partial charge is 0.132 e. The molecular formula is C12H19NO2S8. The lowest BCUT2D eigenvalue weighted by atomic mass is 9.85. The molecule has 0 saturated heterocycles. The van der Waals surface area contributed by atoms with E-state index in [-0.39, 0.29) is 5.78 Å². The molecule has 0 aromatic heterocycles. The van der Waals surface area contributed by atoms with E-state index >= 15 is 0 Å². The average molecular weight is 466 g/mol. The molecule has 0 N–H and O–H groups in total. The first-order chi connectivity index (χ1) is 11.0. The van der Waals surface area contributed by atoms with Crippen molar-refractivity contribution in [2.24, 2.45) is 5.92 Å². The fourth-order valence-electron chi connectivity index (χ4n) is 1.66. The third kappa shape index (κ3) is 22.6. The van der Waals surface area contributed by atoms with Crippen molar-refractivity contribution in [3.8, 4) is 6.07 Å². The predicted molar refractivity (Wildman–Crippen MR) is 117 cm³/mol. The number of Topliss-reactive ketones (excluding diaryl/α,β-unsaturated/α-hetero) is 2. The molecule has 1 aliphatic rings. The summed E-state index contributed by atoms with van der Waals surface area (Å²) in [5, 5.41) is 7.62. The Hall–Kier alpha value is 0.590. The second-order valence-electron chi connectivity index (χ2n) is 4.31. The second-order valence-corrected chi connectivity index (χ2v) is 14.9. The van der Waals surface area contributed by atoms with Gasteiger partial charge in [0.1, 0.15) is 11.6 Å². The predicted octanol–water partition coefficient (Wildman–Crippen LogP) is 2.63. The standard InChI is InChI=1S/C9H14O2.C3H5N.S8/c1-7(10)6-8-2-4-9(11)5-3-8;1-2-3-4;1-3-5-7-8-6-4-2/h8H,2-6H2,1H3;2H2,1H3;. The quantitative estimate of drug-likeness (QED) is 0.627. The lowest BCUT2D eigenvalue weighted by molar-refractivity contribution is -0.123. The van der Waals surface area contributed by atoms with Crippen LogP contribution in [-0.4, -0.2) is 11.6 Å². The van der Waals surface area contributed by atoms with Gasteiger partial charge in [-0.05, 0) is 25.7 Å². The Bertz CT molecular complexity index is 609. The van der Waals surface area contributed by atoms with Gasteiger partial charge < -0.3 is 4.79 Å². The van der Waals surface area contributed by atoms with E-state index in [2.05, 4.69) is 22.4 Å². The maximum atomic E-state index is 10.8. The summed E-state index contributed by atoms with van der Waals surface area (Å²) in [7, 11) is 9.12. The first-order valence-electron chi connectivity index (χ1n) is 6.64. The van der Waals surface area contributed by atoms with E-state index in [0.29, 0.717) is 37.4 Å². The van der Waals surface area contributed by atoms with Crippen molar-refractivity contribution >= 4 is 87.2 Å². The molecule has 1 rings (SSSR count). The highest BCUT2D eigenvalue weighted by Gasteiger charge is 2.19. The SMILES string of the molecule is CC(=O)CC1CCC(=O)CC1.CCC#N.S=S=S=S=S=S=S=S. The number of carbonyl (C=O) groups is 2. The van der Waals surface area contributed by atoms with Gasteiger partial charge in [-0.25, -0.2) is 0 Å². The van der Waals surface area contributed by atoms with Crippen LogP contribution in [0.5, 0.6) is 0 Å². The van der Waals surface area contributed by atoms with Gasteiger partial charge in [0, 0.05) is 101 Å². The van der Waals surface area contributed by atoms with E-state index in [9.17, 15) is 9.59 Å². The molecule has 3 nitrogen and oxygen atoms in total. The number of nitriles is 1. The van der Waals surface area contributed by atoms with Crippen LogP contribution in [0.4, 0.5) is 0 Å². The highest BCUT2D eigenvalue weighted by molar-refractivity contribution is 8.70. The van der Waals surface area contributed by atoms with Crippen LogP contribution in [-0.2, 0) is 85.2 Å². The van der Waals surface area contributed by atoms with Crippen molar-refractivity contribution in [2.75, 3.05) is 0 Å². The number of ketones is 2. The minimum absolute atomic E-state index is 0.254. The second kappa shape index (κ2) is 20.6. The Morgan fingerprint density at radius 1 is 1.17 bits per heavy atom. The Morgan fingerprint density at radius 3 is 1.91 bits per heavy atom. The molecule has 1 aliphatic carbocycles. The summed E-state index contributed by atoms with van der Waals surface area (Å²) in [5.41, 5.74) is 0. The third-order valence-corrected chi connectivity index (χ3v) is 13.6. The Balaban J connectivity index is 0. The van der Waals surface area contributed by atoms with Crippen molar-refractivity contribution in [1.82, 2.24) is 0 Å². The number of hydrogen-bond donors (Lipinski definition) is 0. The van der Waals surface area contributed by atoms with E-state index < -0.39 is 0 Å². The summed E-state index contributed by atoms with van der Waals surface area (Å²) in [6.07, 6.45) is 4.54. The number of nitrogens with zero attached hydrogens (tertiary/aromatic N) is 1. The van der Waals surface area contributed by atoms with Crippen LogP contribution in [0.3, 0.4) is 0 Å². The molecule has 132 valence electrons. The van der Waals surface area contributed by atoms with Gasteiger partial charge >= 0.3 is 0 Å². The topological polar surface area (TPSA) is 57.9 Å². The third-order valence-electron chi connectivity index (χ3n) is 2.54. The zero-order valence-corrected chi connectivity index (χ0v) is 19.4. The zero-order valence-electron chi connectivity index (χ0n) is 12.8. The molecule has 0 radical (unpaired) electrons. The molecule has 0 aromatic carbocycles. The molecule has 0 heterocycles. The summed E-state index contributed by atoms with van der Waals surface area (Å²) >= 11 is 9.21. The first-order valence-corrected chi connectivity index (χ1v) is 16.0. The molecule has 0 spiro atoms. The fraction of sp³-hybridized carbons (Fsp3) is 0.750. The molecule has 1 saturated carbocycles. The van der Waals surface area contributed by atoms with E-state index in [1.165, 1.54) is 17.8 Å². The lowest BCUT2D eigenvalue weighted by Crippen LogP contribution is -2.15. The van der Waals surface area contributed by atoms with Crippen LogP contribution in [0.1, 0.15) is 52.4 Å². The summed E-state index contributed by atoms with van der Waals surface area (Å²) in [6, 6.07) is 1.93. The number of carbonyl (C=O) groups excluding carboxylic acids is 2. The van der Waals surface area contributed by atoms with Crippen LogP contribution in [0.15, 0.2) is 0 Å². The minimum atomic E-state index is 0.254. The molecular weight excluding hydrogens is 447 g/mol. The number of rotatable bonds is 2. The Kier molecular flexibility index (Phi) is 23.2. The normalized spacial score (nSPS) is 12.8. The highest BCUT2D eigenvalue weighted by atomic mass is 33.4. The average Bonchev–Trinajstić information content (AvgIpc) is 2.54. The van der Waals surface area contributed by atoms with Gasteiger partial charge in [0.05, 0.1) is 6.07 Å². The van der Waals surface area contributed by atoms with Gasteiger partial charge in [0.15, 0.2) is 0 Å². The van der Waals surface area contributed by atoms with Crippen LogP contribution in [0, 0.1) is 17.2 Å².